The zero-order valence-corrected chi connectivity index (χ0v) is 11.5. The molecule has 0 heterocycles. The van der Waals surface area contributed by atoms with Crippen LogP contribution in [0.2, 0.25) is 0 Å². The van der Waals surface area contributed by atoms with Crippen LogP contribution in [0.5, 0.6) is 11.5 Å². The van der Waals surface area contributed by atoms with Gasteiger partial charge in [-0.25, -0.2) is 0 Å². The second-order valence-electron chi connectivity index (χ2n) is 4.36. The topological polar surface area (TPSA) is 58.6 Å². The fourth-order valence-corrected chi connectivity index (χ4v) is 1.90. The highest BCUT2D eigenvalue weighted by molar-refractivity contribution is 6.18. The minimum atomic E-state index is -0.257. The number of phenols is 1. The maximum Gasteiger partial charge on any atom is 0.251 e. The summed E-state index contributed by atoms with van der Waals surface area (Å²) in [6.45, 7) is 3.97. The van der Waals surface area contributed by atoms with Crippen molar-refractivity contribution in [2.45, 2.75) is 19.9 Å². The molecule has 18 heavy (non-hydrogen) atoms. The predicted molar refractivity (Wildman–Crippen MR) is 71.5 cm³/mol. The van der Waals surface area contributed by atoms with Crippen molar-refractivity contribution < 1.29 is 14.6 Å². The molecule has 0 saturated heterocycles. The Morgan fingerprint density at radius 3 is 2.61 bits per heavy atom. The fraction of sp³-hybridized carbons (Fsp3) is 0.462. The molecule has 0 fully saturated rings. The van der Waals surface area contributed by atoms with Crippen molar-refractivity contribution in [3.63, 3.8) is 0 Å². The Hall–Kier alpha value is -1.42. The molecule has 100 valence electrons. The van der Waals surface area contributed by atoms with Crippen molar-refractivity contribution in [2.75, 3.05) is 13.0 Å². The van der Waals surface area contributed by atoms with E-state index in [1.165, 1.54) is 13.2 Å². The van der Waals surface area contributed by atoms with Gasteiger partial charge in [0.2, 0.25) is 0 Å². The molecular weight excluding hydrogens is 254 g/mol. The molecule has 1 aromatic carbocycles. The van der Waals surface area contributed by atoms with E-state index in [0.29, 0.717) is 17.2 Å². The minimum absolute atomic E-state index is 0.0582. The van der Waals surface area contributed by atoms with E-state index < -0.39 is 0 Å². The minimum Gasteiger partial charge on any atom is -0.504 e. The molecule has 0 aromatic heterocycles. The molecule has 0 spiro atoms. The van der Waals surface area contributed by atoms with Crippen molar-refractivity contribution in [3.05, 3.63) is 23.8 Å². The molecule has 1 rings (SSSR count). The van der Waals surface area contributed by atoms with Gasteiger partial charge in [-0.2, -0.15) is 0 Å². The van der Waals surface area contributed by atoms with Gasteiger partial charge in [-0.05, 0) is 24.1 Å². The number of carbonyl (C=O) groups is 1. The Balaban J connectivity index is 2.81. The first-order valence-electron chi connectivity index (χ1n) is 5.73. The third kappa shape index (κ3) is 3.53. The first-order chi connectivity index (χ1) is 8.49. The number of halogens is 1. The largest absolute Gasteiger partial charge is 0.504 e. The van der Waals surface area contributed by atoms with E-state index in [-0.39, 0.29) is 23.6 Å². The number of phenolic OH excluding ortho intramolecular Hbond substituents is 1. The number of hydrogen-bond acceptors (Lipinski definition) is 3. The Kier molecular flexibility index (Phi) is 5.28. The Bertz CT molecular complexity index is 421. The lowest BCUT2D eigenvalue weighted by Crippen LogP contribution is -2.39. The van der Waals surface area contributed by atoms with Crippen LogP contribution in [0.25, 0.3) is 0 Å². The number of amides is 1. The molecule has 1 atom stereocenters. The highest BCUT2D eigenvalue weighted by Crippen LogP contribution is 2.26. The van der Waals surface area contributed by atoms with E-state index >= 15 is 0 Å². The lowest BCUT2D eigenvalue weighted by molar-refractivity contribution is 0.0930. The van der Waals surface area contributed by atoms with Gasteiger partial charge in [0.25, 0.3) is 5.91 Å². The quantitative estimate of drug-likeness (QED) is 0.809. The molecular formula is C13H18ClNO3. The van der Waals surface area contributed by atoms with Crippen molar-refractivity contribution in [1.29, 1.82) is 0 Å². The van der Waals surface area contributed by atoms with Gasteiger partial charge in [-0.15, -0.1) is 11.6 Å². The monoisotopic (exact) mass is 271 g/mol. The molecule has 4 nitrogen and oxygen atoms in total. The second kappa shape index (κ2) is 6.50. The molecule has 0 radical (unpaired) electrons. The van der Waals surface area contributed by atoms with Crippen LogP contribution in [0.4, 0.5) is 0 Å². The highest BCUT2D eigenvalue weighted by Gasteiger charge is 2.17. The number of ether oxygens (including phenoxy) is 1. The SMILES string of the molecule is COc1ccc(C(=O)NC(CCl)C(C)C)cc1O. The molecule has 1 amide bonds. The van der Waals surface area contributed by atoms with Gasteiger partial charge in [0.1, 0.15) is 0 Å². The van der Waals surface area contributed by atoms with Gasteiger partial charge < -0.3 is 15.2 Å². The van der Waals surface area contributed by atoms with Crippen molar-refractivity contribution in [2.24, 2.45) is 5.92 Å². The van der Waals surface area contributed by atoms with Crippen LogP contribution in [-0.2, 0) is 0 Å². The first kappa shape index (κ1) is 14.6. The van der Waals surface area contributed by atoms with E-state index in [0.717, 1.165) is 0 Å². The second-order valence-corrected chi connectivity index (χ2v) is 4.67. The molecule has 0 aliphatic heterocycles. The van der Waals surface area contributed by atoms with Gasteiger partial charge in [-0.1, -0.05) is 13.8 Å². The van der Waals surface area contributed by atoms with Crippen molar-refractivity contribution in [3.8, 4) is 11.5 Å². The van der Waals surface area contributed by atoms with Gasteiger partial charge in [0.05, 0.1) is 7.11 Å². The summed E-state index contributed by atoms with van der Waals surface area (Å²) in [5, 5.41) is 12.4. The van der Waals surface area contributed by atoms with E-state index in [1.807, 2.05) is 13.8 Å². The van der Waals surface area contributed by atoms with Crippen molar-refractivity contribution in [1.82, 2.24) is 5.32 Å². The third-order valence-corrected chi connectivity index (χ3v) is 3.06. The lowest BCUT2D eigenvalue weighted by Gasteiger charge is -2.19. The van der Waals surface area contributed by atoms with Crippen LogP contribution in [0.3, 0.4) is 0 Å². The summed E-state index contributed by atoms with van der Waals surface area (Å²) in [5.41, 5.74) is 0.379. The summed E-state index contributed by atoms with van der Waals surface area (Å²) >= 11 is 5.79. The highest BCUT2D eigenvalue weighted by atomic mass is 35.5. The number of alkyl halides is 1. The summed E-state index contributed by atoms with van der Waals surface area (Å²) in [5.74, 6) is 0.623. The zero-order valence-electron chi connectivity index (χ0n) is 10.7. The molecule has 0 bridgehead atoms. The van der Waals surface area contributed by atoms with E-state index in [9.17, 15) is 9.90 Å². The number of carbonyl (C=O) groups excluding carboxylic acids is 1. The molecule has 0 aliphatic rings. The van der Waals surface area contributed by atoms with Crippen LogP contribution in [0.15, 0.2) is 18.2 Å². The van der Waals surface area contributed by atoms with Crippen LogP contribution < -0.4 is 10.1 Å². The summed E-state index contributed by atoms with van der Waals surface area (Å²) in [6, 6.07) is 4.43. The van der Waals surface area contributed by atoms with E-state index in [2.05, 4.69) is 5.32 Å². The van der Waals surface area contributed by atoms with Crippen LogP contribution in [-0.4, -0.2) is 30.0 Å². The normalized spacial score (nSPS) is 12.3. The molecule has 0 aliphatic carbocycles. The Labute approximate surface area is 112 Å². The number of rotatable bonds is 5. The zero-order chi connectivity index (χ0) is 13.7. The number of hydrogen-bond donors (Lipinski definition) is 2. The average Bonchev–Trinajstić information content (AvgIpc) is 2.35. The third-order valence-electron chi connectivity index (χ3n) is 2.73. The van der Waals surface area contributed by atoms with Crippen LogP contribution >= 0.6 is 11.6 Å². The van der Waals surface area contributed by atoms with E-state index in [4.69, 9.17) is 16.3 Å². The predicted octanol–water partition coefficient (Wildman–Crippen LogP) is 2.39. The summed E-state index contributed by atoms with van der Waals surface area (Å²) < 4.78 is 4.92. The van der Waals surface area contributed by atoms with Crippen molar-refractivity contribution >= 4 is 17.5 Å². The lowest BCUT2D eigenvalue weighted by atomic mass is 10.1. The van der Waals surface area contributed by atoms with Gasteiger partial charge in [0, 0.05) is 17.5 Å². The number of benzene rings is 1. The average molecular weight is 272 g/mol. The Morgan fingerprint density at radius 2 is 2.17 bits per heavy atom. The maximum absolute atomic E-state index is 11.9. The van der Waals surface area contributed by atoms with Gasteiger partial charge in [-0.3, -0.25) is 4.79 Å². The first-order valence-corrected chi connectivity index (χ1v) is 6.26. The Morgan fingerprint density at radius 1 is 1.50 bits per heavy atom. The van der Waals surface area contributed by atoms with E-state index in [1.54, 1.807) is 12.1 Å². The van der Waals surface area contributed by atoms with Crippen LogP contribution in [0, 0.1) is 5.92 Å². The maximum atomic E-state index is 11.9. The summed E-state index contributed by atoms with van der Waals surface area (Å²) in [7, 11) is 1.46. The molecule has 1 unspecified atom stereocenters. The number of nitrogens with one attached hydrogen (secondary N) is 1. The molecule has 0 saturated carbocycles. The number of aromatic hydroxyl groups is 1. The molecule has 1 aromatic rings. The molecule has 2 N–H and O–H groups in total. The smallest absolute Gasteiger partial charge is 0.251 e. The standard InChI is InChI=1S/C13H18ClNO3/c1-8(2)10(7-14)15-13(17)9-4-5-12(18-3)11(16)6-9/h4-6,8,10,16H,7H2,1-3H3,(H,15,17). The number of methoxy groups -OCH3 is 1. The summed E-state index contributed by atoms with van der Waals surface area (Å²) in [4.78, 5) is 11.9. The summed E-state index contributed by atoms with van der Waals surface area (Å²) in [6.07, 6.45) is 0. The fourth-order valence-electron chi connectivity index (χ4n) is 1.47. The van der Waals surface area contributed by atoms with Gasteiger partial charge >= 0.3 is 0 Å². The molecule has 5 heteroatoms. The van der Waals surface area contributed by atoms with Crippen LogP contribution in [0.1, 0.15) is 24.2 Å². The van der Waals surface area contributed by atoms with Gasteiger partial charge in [0.15, 0.2) is 11.5 Å².